The number of thiophene rings is 1. The highest BCUT2D eigenvalue weighted by atomic mass is 79.9. The van der Waals surface area contributed by atoms with Gasteiger partial charge in [0.1, 0.15) is 0 Å². The van der Waals surface area contributed by atoms with Crippen molar-refractivity contribution < 1.29 is 4.79 Å². The van der Waals surface area contributed by atoms with Gasteiger partial charge in [-0.1, -0.05) is 30.3 Å². The summed E-state index contributed by atoms with van der Waals surface area (Å²) < 4.78 is 1.01. The molecular formula is C16H19BrN2OS. The molecule has 0 fully saturated rings. The fourth-order valence-electron chi connectivity index (χ4n) is 2.12. The Balaban J connectivity index is 2.04. The third-order valence-corrected chi connectivity index (χ3v) is 5.48. The molecule has 1 aromatic carbocycles. The highest BCUT2D eigenvalue weighted by molar-refractivity contribution is 9.11. The Bertz CT molecular complexity index is 590. The van der Waals surface area contributed by atoms with E-state index in [2.05, 4.69) is 38.3 Å². The van der Waals surface area contributed by atoms with Crippen LogP contribution in [0.2, 0.25) is 0 Å². The number of benzene rings is 1. The lowest BCUT2D eigenvalue weighted by Gasteiger charge is -2.25. The molecule has 1 unspecified atom stereocenters. The summed E-state index contributed by atoms with van der Waals surface area (Å²) in [6.07, 6.45) is 0. The fraction of sp³-hybridized carbons (Fsp3) is 0.312. The van der Waals surface area contributed by atoms with Crippen LogP contribution in [0, 0.1) is 6.92 Å². The summed E-state index contributed by atoms with van der Waals surface area (Å²) >= 11 is 4.92. The number of aryl methyl sites for hydroxylation is 1. The van der Waals surface area contributed by atoms with Crippen molar-refractivity contribution in [3.8, 4) is 0 Å². The molecule has 2 aromatic rings. The molecule has 0 saturated carbocycles. The summed E-state index contributed by atoms with van der Waals surface area (Å²) in [5.74, 6) is -0.0171. The van der Waals surface area contributed by atoms with E-state index in [-0.39, 0.29) is 11.9 Å². The van der Waals surface area contributed by atoms with Crippen LogP contribution in [0.4, 0.5) is 0 Å². The molecule has 1 N–H and O–H groups in total. The summed E-state index contributed by atoms with van der Waals surface area (Å²) in [6, 6.07) is 12.3. The average molecular weight is 367 g/mol. The largest absolute Gasteiger partial charge is 0.349 e. The Kier molecular flexibility index (Phi) is 5.56. The molecule has 0 aliphatic heterocycles. The number of likely N-dealkylation sites (N-methyl/N-ethyl adjacent to an activating group) is 1. The van der Waals surface area contributed by atoms with Crippen molar-refractivity contribution in [2.24, 2.45) is 0 Å². The van der Waals surface area contributed by atoms with Crippen molar-refractivity contribution in [3.63, 3.8) is 0 Å². The molecule has 0 bridgehead atoms. The van der Waals surface area contributed by atoms with Crippen molar-refractivity contribution in [2.75, 3.05) is 20.6 Å². The first-order chi connectivity index (χ1) is 9.99. The third kappa shape index (κ3) is 4.15. The Morgan fingerprint density at radius 1 is 1.33 bits per heavy atom. The van der Waals surface area contributed by atoms with Gasteiger partial charge >= 0.3 is 0 Å². The van der Waals surface area contributed by atoms with Crippen LogP contribution >= 0.6 is 27.3 Å². The summed E-state index contributed by atoms with van der Waals surface area (Å²) in [6.45, 7) is 2.58. The van der Waals surface area contributed by atoms with Crippen LogP contribution in [-0.2, 0) is 0 Å². The minimum absolute atomic E-state index is 0.0171. The molecular weight excluding hydrogens is 348 g/mol. The van der Waals surface area contributed by atoms with E-state index >= 15 is 0 Å². The lowest BCUT2D eigenvalue weighted by Crippen LogP contribution is -2.34. The number of hydrogen-bond acceptors (Lipinski definition) is 3. The number of carbonyl (C=O) groups is 1. The molecule has 0 aliphatic rings. The lowest BCUT2D eigenvalue weighted by atomic mass is 10.1. The first-order valence-electron chi connectivity index (χ1n) is 6.74. The van der Waals surface area contributed by atoms with E-state index in [0.717, 1.165) is 14.2 Å². The number of amides is 1. The predicted octanol–water partition coefficient (Wildman–Crippen LogP) is 3.85. The molecule has 0 aliphatic carbocycles. The van der Waals surface area contributed by atoms with Gasteiger partial charge in [-0.25, -0.2) is 0 Å². The molecule has 5 heteroatoms. The van der Waals surface area contributed by atoms with Crippen molar-refractivity contribution >= 4 is 33.2 Å². The van der Waals surface area contributed by atoms with E-state index in [9.17, 15) is 4.79 Å². The van der Waals surface area contributed by atoms with Gasteiger partial charge in [-0.15, -0.1) is 11.3 Å². The first-order valence-corrected chi connectivity index (χ1v) is 8.35. The molecule has 0 saturated heterocycles. The number of nitrogens with one attached hydrogen (secondary N) is 1. The summed E-state index contributed by atoms with van der Waals surface area (Å²) in [5.41, 5.74) is 2.30. The van der Waals surface area contributed by atoms with Gasteiger partial charge in [-0.3, -0.25) is 4.79 Å². The van der Waals surface area contributed by atoms with Crippen LogP contribution in [0.25, 0.3) is 0 Å². The van der Waals surface area contributed by atoms with Gasteiger partial charge < -0.3 is 10.2 Å². The van der Waals surface area contributed by atoms with E-state index in [4.69, 9.17) is 0 Å². The van der Waals surface area contributed by atoms with E-state index < -0.39 is 0 Å². The van der Waals surface area contributed by atoms with Crippen LogP contribution in [-0.4, -0.2) is 31.4 Å². The van der Waals surface area contributed by atoms with Crippen LogP contribution < -0.4 is 5.32 Å². The minimum atomic E-state index is -0.0171. The lowest BCUT2D eigenvalue weighted by molar-refractivity contribution is 0.0946. The van der Waals surface area contributed by atoms with Crippen LogP contribution in [0.5, 0.6) is 0 Å². The van der Waals surface area contributed by atoms with Crippen molar-refractivity contribution in [1.82, 2.24) is 10.2 Å². The number of rotatable bonds is 5. The maximum atomic E-state index is 12.2. The Hall–Kier alpha value is -1.17. The Morgan fingerprint density at radius 2 is 2.00 bits per heavy atom. The molecule has 1 heterocycles. The van der Waals surface area contributed by atoms with E-state index in [0.29, 0.717) is 6.54 Å². The van der Waals surface area contributed by atoms with Gasteiger partial charge in [-0.05, 0) is 54.1 Å². The normalized spacial score (nSPS) is 12.4. The van der Waals surface area contributed by atoms with E-state index in [1.165, 1.54) is 16.9 Å². The summed E-state index contributed by atoms with van der Waals surface area (Å²) in [5, 5.41) is 3.03. The number of carbonyl (C=O) groups excluding carboxylic acids is 1. The summed E-state index contributed by atoms with van der Waals surface area (Å²) in [4.78, 5) is 15.1. The molecule has 21 heavy (non-hydrogen) atoms. The maximum absolute atomic E-state index is 12.2. The van der Waals surface area contributed by atoms with Crippen LogP contribution in [0.15, 0.2) is 40.2 Å². The van der Waals surface area contributed by atoms with E-state index in [1.807, 2.05) is 45.3 Å². The predicted molar refractivity (Wildman–Crippen MR) is 92.0 cm³/mol. The van der Waals surface area contributed by atoms with Crippen molar-refractivity contribution in [2.45, 2.75) is 13.0 Å². The zero-order valence-corrected chi connectivity index (χ0v) is 14.8. The van der Waals surface area contributed by atoms with Gasteiger partial charge in [-0.2, -0.15) is 0 Å². The van der Waals surface area contributed by atoms with Gasteiger partial charge in [0.05, 0.1) is 14.7 Å². The second kappa shape index (κ2) is 7.20. The Labute approximate surface area is 138 Å². The van der Waals surface area contributed by atoms with Crippen LogP contribution in [0.1, 0.15) is 26.8 Å². The zero-order valence-electron chi connectivity index (χ0n) is 12.4. The monoisotopic (exact) mass is 366 g/mol. The second-order valence-electron chi connectivity index (χ2n) is 5.17. The summed E-state index contributed by atoms with van der Waals surface area (Å²) in [7, 11) is 4.05. The highest BCUT2D eigenvalue weighted by Crippen LogP contribution is 2.27. The number of halogens is 1. The minimum Gasteiger partial charge on any atom is -0.349 e. The average Bonchev–Trinajstić information content (AvgIpc) is 2.79. The standard InChI is InChI=1S/C16H19BrN2OS/c1-11-9-14(21-15(11)17)16(20)18-10-13(19(2)3)12-7-5-4-6-8-12/h4-9,13H,10H2,1-3H3,(H,18,20). The van der Waals surface area contributed by atoms with Crippen molar-refractivity contribution in [3.05, 3.63) is 56.2 Å². The molecule has 1 amide bonds. The quantitative estimate of drug-likeness (QED) is 0.871. The number of nitrogens with zero attached hydrogens (tertiary/aromatic N) is 1. The number of hydrogen-bond donors (Lipinski definition) is 1. The third-order valence-electron chi connectivity index (χ3n) is 3.34. The van der Waals surface area contributed by atoms with Gasteiger partial charge in [0.15, 0.2) is 0 Å². The van der Waals surface area contributed by atoms with Gasteiger partial charge in [0, 0.05) is 6.54 Å². The highest BCUT2D eigenvalue weighted by Gasteiger charge is 2.17. The van der Waals surface area contributed by atoms with Crippen LogP contribution in [0.3, 0.4) is 0 Å². The van der Waals surface area contributed by atoms with E-state index in [1.54, 1.807) is 0 Å². The zero-order chi connectivity index (χ0) is 15.4. The van der Waals surface area contributed by atoms with Crippen molar-refractivity contribution in [1.29, 1.82) is 0 Å². The smallest absolute Gasteiger partial charge is 0.261 e. The molecule has 1 atom stereocenters. The van der Waals surface area contributed by atoms with Gasteiger partial charge in [0.2, 0.25) is 0 Å². The topological polar surface area (TPSA) is 32.3 Å². The molecule has 1 aromatic heterocycles. The first kappa shape index (κ1) is 16.2. The molecule has 0 spiro atoms. The van der Waals surface area contributed by atoms with Gasteiger partial charge in [0.25, 0.3) is 5.91 Å². The Morgan fingerprint density at radius 3 is 2.52 bits per heavy atom. The maximum Gasteiger partial charge on any atom is 0.261 e. The fourth-order valence-corrected chi connectivity index (χ4v) is 3.57. The molecule has 2 rings (SSSR count). The molecule has 0 radical (unpaired) electrons. The second-order valence-corrected chi connectivity index (χ2v) is 7.54. The molecule has 3 nitrogen and oxygen atoms in total. The SMILES string of the molecule is Cc1cc(C(=O)NCC(c2ccccc2)N(C)C)sc1Br. The molecule has 112 valence electrons.